The zero-order valence-electron chi connectivity index (χ0n) is 14.4. The summed E-state index contributed by atoms with van der Waals surface area (Å²) in [6, 6.07) is 12.3. The molecule has 0 heterocycles. The van der Waals surface area contributed by atoms with Crippen LogP contribution in [0.3, 0.4) is 0 Å². The molecule has 2 rings (SSSR count). The lowest BCUT2D eigenvalue weighted by Gasteiger charge is -2.14. The van der Waals surface area contributed by atoms with E-state index in [1.54, 1.807) is 24.3 Å². The molecular formula is C18H17ClN2O6. The minimum absolute atomic E-state index is 0.0891. The van der Waals surface area contributed by atoms with Gasteiger partial charge in [-0.05, 0) is 30.7 Å². The predicted molar refractivity (Wildman–Crippen MR) is 97.4 cm³/mol. The van der Waals surface area contributed by atoms with Gasteiger partial charge < -0.3 is 14.8 Å². The van der Waals surface area contributed by atoms with Crippen molar-refractivity contribution in [2.24, 2.45) is 0 Å². The van der Waals surface area contributed by atoms with Crippen molar-refractivity contribution in [3.63, 3.8) is 0 Å². The molecule has 9 heteroatoms. The van der Waals surface area contributed by atoms with Crippen molar-refractivity contribution >= 4 is 29.2 Å². The topological polar surface area (TPSA) is 108 Å². The number of hydrogen-bond donors (Lipinski definition) is 1. The van der Waals surface area contributed by atoms with E-state index in [2.05, 4.69) is 5.32 Å². The van der Waals surface area contributed by atoms with E-state index in [1.807, 2.05) is 0 Å². The Morgan fingerprint density at radius 3 is 2.48 bits per heavy atom. The first-order valence-electron chi connectivity index (χ1n) is 7.94. The summed E-state index contributed by atoms with van der Waals surface area (Å²) >= 11 is 6.01. The number of ether oxygens (including phenoxy) is 2. The van der Waals surface area contributed by atoms with Gasteiger partial charge in [-0.1, -0.05) is 29.8 Å². The van der Waals surface area contributed by atoms with Crippen molar-refractivity contribution in [1.29, 1.82) is 0 Å². The Balaban J connectivity index is 1.76. The van der Waals surface area contributed by atoms with Crippen molar-refractivity contribution in [1.82, 2.24) is 5.32 Å². The van der Waals surface area contributed by atoms with Crippen LogP contribution in [0, 0.1) is 10.1 Å². The number of amides is 1. The molecule has 0 unspecified atom stereocenters. The third-order valence-corrected chi connectivity index (χ3v) is 3.86. The van der Waals surface area contributed by atoms with E-state index in [-0.39, 0.29) is 18.0 Å². The molecule has 0 aliphatic rings. The SMILES string of the molecule is C[C@@H](OC(=O)COc1ccc([N+](=O)[O-])cc1)C(=O)NCc1ccccc1Cl. The second kappa shape index (κ2) is 9.54. The Hall–Kier alpha value is -3.13. The molecule has 1 amide bonds. The molecule has 2 aromatic carbocycles. The van der Waals surface area contributed by atoms with E-state index in [1.165, 1.54) is 31.2 Å². The highest BCUT2D eigenvalue weighted by molar-refractivity contribution is 6.31. The highest BCUT2D eigenvalue weighted by Gasteiger charge is 2.18. The molecule has 0 aromatic heterocycles. The Morgan fingerprint density at radius 1 is 1.19 bits per heavy atom. The number of rotatable bonds is 8. The lowest BCUT2D eigenvalue weighted by molar-refractivity contribution is -0.384. The van der Waals surface area contributed by atoms with Crippen LogP contribution in [0.4, 0.5) is 5.69 Å². The Morgan fingerprint density at radius 2 is 1.85 bits per heavy atom. The number of hydrogen-bond acceptors (Lipinski definition) is 6. The zero-order chi connectivity index (χ0) is 19.8. The maximum absolute atomic E-state index is 12.0. The molecule has 1 N–H and O–H groups in total. The monoisotopic (exact) mass is 392 g/mol. The summed E-state index contributed by atoms with van der Waals surface area (Å²) in [5, 5.41) is 13.7. The van der Waals surface area contributed by atoms with E-state index < -0.39 is 29.5 Å². The maximum Gasteiger partial charge on any atom is 0.344 e. The van der Waals surface area contributed by atoms with Gasteiger partial charge in [0, 0.05) is 23.7 Å². The largest absolute Gasteiger partial charge is 0.482 e. The molecule has 0 radical (unpaired) electrons. The number of carbonyl (C=O) groups is 2. The van der Waals surface area contributed by atoms with Crippen LogP contribution in [0.15, 0.2) is 48.5 Å². The minimum Gasteiger partial charge on any atom is -0.482 e. The Bertz CT molecular complexity index is 825. The van der Waals surface area contributed by atoms with Crippen LogP contribution in [0.2, 0.25) is 5.02 Å². The summed E-state index contributed by atoms with van der Waals surface area (Å²) in [5.74, 6) is -0.944. The number of benzene rings is 2. The first-order valence-corrected chi connectivity index (χ1v) is 8.32. The van der Waals surface area contributed by atoms with Crippen molar-refractivity contribution in [3.05, 3.63) is 69.2 Å². The van der Waals surface area contributed by atoms with Gasteiger partial charge in [-0.2, -0.15) is 0 Å². The summed E-state index contributed by atoms with van der Waals surface area (Å²) in [5.41, 5.74) is 0.654. The van der Waals surface area contributed by atoms with Crippen LogP contribution in [0.25, 0.3) is 0 Å². The van der Waals surface area contributed by atoms with Gasteiger partial charge in [0.2, 0.25) is 0 Å². The third-order valence-electron chi connectivity index (χ3n) is 3.49. The minimum atomic E-state index is -1.01. The molecule has 0 bridgehead atoms. The van der Waals surface area contributed by atoms with Crippen molar-refractivity contribution in [3.8, 4) is 5.75 Å². The Labute approximate surface area is 160 Å². The number of carbonyl (C=O) groups excluding carboxylic acids is 2. The summed E-state index contributed by atoms with van der Waals surface area (Å²) in [7, 11) is 0. The van der Waals surface area contributed by atoms with Crippen LogP contribution in [-0.4, -0.2) is 29.5 Å². The average molecular weight is 393 g/mol. The van der Waals surface area contributed by atoms with E-state index in [4.69, 9.17) is 21.1 Å². The highest BCUT2D eigenvalue weighted by Crippen LogP contribution is 2.17. The summed E-state index contributed by atoms with van der Waals surface area (Å²) in [4.78, 5) is 33.8. The fraction of sp³-hybridized carbons (Fsp3) is 0.222. The number of nitro groups is 1. The summed E-state index contributed by atoms with van der Waals surface area (Å²) in [6.07, 6.45) is -1.01. The van der Waals surface area contributed by atoms with Gasteiger partial charge in [-0.15, -0.1) is 0 Å². The average Bonchev–Trinajstić information content (AvgIpc) is 2.65. The van der Waals surface area contributed by atoms with E-state index in [0.29, 0.717) is 5.02 Å². The molecule has 0 aliphatic carbocycles. The first kappa shape index (κ1) is 20.2. The normalized spacial score (nSPS) is 11.3. The van der Waals surface area contributed by atoms with Crippen LogP contribution >= 0.6 is 11.6 Å². The predicted octanol–water partition coefficient (Wildman–Crippen LogP) is 2.88. The zero-order valence-corrected chi connectivity index (χ0v) is 15.1. The van der Waals surface area contributed by atoms with Gasteiger partial charge in [0.15, 0.2) is 12.7 Å². The van der Waals surface area contributed by atoms with Crippen molar-refractivity contribution in [2.45, 2.75) is 19.6 Å². The van der Waals surface area contributed by atoms with Gasteiger partial charge in [0.1, 0.15) is 5.75 Å². The molecule has 0 aliphatic heterocycles. The summed E-state index contributed by atoms with van der Waals surface area (Å²) < 4.78 is 10.2. The number of non-ortho nitro benzene ring substituents is 1. The molecule has 2 aromatic rings. The third kappa shape index (κ3) is 6.27. The number of nitro benzene ring substituents is 1. The lowest BCUT2D eigenvalue weighted by Crippen LogP contribution is -2.36. The molecule has 0 saturated carbocycles. The molecular weight excluding hydrogens is 376 g/mol. The van der Waals surface area contributed by atoms with Crippen LogP contribution in [0.1, 0.15) is 12.5 Å². The number of nitrogens with zero attached hydrogens (tertiary/aromatic N) is 1. The Kier molecular flexibility index (Phi) is 7.13. The summed E-state index contributed by atoms with van der Waals surface area (Å²) in [6.45, 7) is 1.21. The highest BCUT2D eigenvalue weighted by atomic mass is 35.5. The van der Waals surface area contributed by atoms with E-state index >= 15 is 0 Å². The molecule has 142 valence electrons. The van der Waals surface area contributed by atoms with Gasteiger partial charge >= 0.3 is 5.97 Å². The molecule has 0 spiro atoms. The number of nitrogens with one attached hydrogen (secondary N) is 1. The standard InChI is InChI=1S/C18H17ClN2O6/c1-12(18(23)20-10-13-4-2-3-5-16(13)19)27-17(22)11-26-15-8-6-14(7-9-15)21(24)25/h2-9,12H,10-11H2,1H3,(H,20,23)/t12-/m1/s1. The number of halogens is 1. The van der Waals surface area contributed by atoms with Crippen LogP contribution in [-0.2, 0) is 20.9 Å². The smallest absolute Gasteiger partial charge is 0.344 e. The number of esters is 1. The molecule has 0 saturated heterocycles. The second-order valence-electron chi connectivity index (χ2n) is 5.48. The van der Waals surface area contributed by atoms with Gasteiger partial charge in [-0.25, -0.2) is 4.79 Å². The fourth-order valence-corrected chi connectivity index (χ4v) is 2.26. The van der Waals surface area contributed by atoms with Gasteiger partial charge in [-0.3, -0.25) is 14.9 Å². The van der Waals surface area contributed by atoms with Crippen molar-refractivity contribution < 1.29 is 24.0 Å². The van der Waals surface area contributed by atoms with Gasteiger partial charge in [0.25, 0.3) is 11.6 Å². The first-order chi connectivity index (χ1) is 12.9. The molecule has 1 atom stereocenters. The maximum atomic E-state index is 12.0. The molecule has 8 nitrogen and oxygen atoms in total. The fourth-order valence-electron chi connectivity index (χ4n) is 2.06. The quantitative estimate of drug-likeness (QED) is 0.420. The van der Waals surface area contributed by atoms with Crippen LogP contribution < -0.4 is 10.1 Å². The molecule has 0 fully saturated rings. The van der Waals surface area contributed by atoms with E-state index in [9.17, 15) is 19.7 Å². The van der Waals surface area contributed by atoms with Crippen LogP contribution in [0.5, 0.6) is 5.75 Å². The van der Waals surface area contributed by atoms with Crippen molar-refractivity contribution in [2.75, 3.05) is 6.61 Å². The lowest BCUT2D eigenvalue weighted by atomic mass is 10.2. The van der Waals surface area contributed by atoms with E-state index in [0.717, 1.165) is 5.56 Å². The second-order valence-corrected chi connectivity index (χ2v) is 5.89. The molecule has 27 heavy (non-hydrogen) atoms. The van der Waals surface area contributed by atoms with Gasteiger partial charge in [0.05, 0.1) is 4.92 Å².